The summed E-state index contributed by atoms with van der Waals surface area (Å²) in [5, 5.41) is 5.19. The molecule has 0 saturated carbocycles. The number of fused-ring (bicyclic) bond motifs is 6. The summed E-state index contributed by atoms with van der Waals surface area (Å²) in [6.07, 6.45) is 2.41. The van der Waals surface area contributed by atoms with E-state index in [0.29, 0.717) is 0 Å². The van der Waals surface area contributed by atoms with Crippen LogP contribution in [0.2, 0.25) is 0 Å². The standard InChI is InChI=1S/C36H40BNO2/c1-33(2)19-20-34(3,4)30-22-31-28(21-29(30)33)27-18-13-23-11-9-10-12-26(23)32(27)38(31)25-16-14-24(15-17-25)37-39-35(5,6)36(7,8)40-37/h9-18,21-22H,19-20H2,1-8H3. The van der Waals surface area contributed by atoms with Crippen LogP contribution in [0.15, 0.2) is 72.8 Å². The first-order chi connectivity index (χ1) is 18.8. The lowest BCUT2D eigenvalue weighted by atomic mass is 9.63. The van der Waals surface area contributed by atoms with Crippen molar-refractivity contribution < 1.29 is 9.31 Å². The van der Waals surface area contributed by atoms with Gasteiger partial charge in [0.2, 0.25) is 0 Å². The van der Waals surface area contributed by atoms with Gasteiger partial charge in [-0.3, -0.25) is 0 Å². The van der Waals surface area contributed by atoms with Crippen LogP contribution < -0.4 is 5.46 Å². The van der Waals surface area contributed by atoms with Gasteiger partial charge in [-0.2, -0.15) is 0 Å². The van der Waals surface area contributed by atoms with Gasteiger partial charge in [0.15, 0.2) is 0 Å². The number of hydrogen-bond donors (Lipinski definition) is 0. The number of aromatic nitrogens is 1. The molecular formula is C36H40BNO2. The molecule has 1 fully saturated rings. The monoisotopic (exact) mass is 529 g/mol. The molecule has 0 bridgehead atoms. The fraction of sp³-hybridized carbons (Fsp3) is 0.389. The van der Waals surface area contributed by atoms with Crippen molar-refractivity contribution in [2.24, 2.45) is 0 Å². The molecule has 2 aliphatic rings. The zero-order valence-electron chi connectivity index (χ0n) is 25.2. The van der Waals surface area contributed by atoms with Crippen LogP contribution in [-0.2, 0) is 20.1 Å². The maximum atomic E-state index is 6.35. The summed E-state index contributed by atoms with van der Waals surface area (Å²) in [5.74, 6) is 0. The predicted octanol–water partition coefficient (Wildman–Crippen LogP) is 8.59. The van der Waals surface area contributed by atoms with Crippen LogP contribution in [0.5, 0.6) is 0 Å². The van der Waals surface area contributed by atoms with Crippen LogP contribution in [0, 0.1) is 0 Å². The maximum Gasteiger partial charge on any atom is 0.494 e. The SMILES string of the molecule is CC1(C)CCC(C)(C)c2cc3c(cc21)c1ccc2ccccc2c1n3-c1ccc(B2OC(C)(C)C(C)(C)O2)cc1. The molecule has 7 rings (SSSR count). The van der Waals surface area contributed by atoms with Crippen molar-refractivity contribution in [3.8, 4) is 5.69 Å². The first-order valence-corrected chi connectivity index (χ1v) is 14.8. The van der Waals surface area contributed by atoms with Gasteiger partial charge in [-0.05, 0) is 97.6 Å². The van der Waals surface area contributed by atoms with Crippen molar-refractivity contribution >= 4 is 45.2 Å². The molecule has 0 N–H and O–H groups in total. The largest absolute Gasteiger partial charge is 0.494 e. The molecule has 4 heteroatoms. The van der Waals surface area contributed by atoms with E-state index in [4.69, 9.17) is 9.31 Å². The van der Waals surface area contributed by atoms with Crippen molar-refractivity contribution in [1.29, 1.82) is 0 Å². The molecule has 0 radical (unpaired) electrons. The van der Waals surface area contributed by atoms with E-state index in [1.54, 1.807) is 0 Å². The molecule has 204 valence electrons. The van der Waals surface area contributed by atoms with Crippen molar-refractivity contribution in [2.75, 3.05) is 0 Å². The number of benzene rings is 4. The summed E-state index contributed by atoms with van der Waals surface area (Å²) in [7, 11) is -0.368. The fourth-order valence-corrected chi connectivity index (χ4v) is 6.86. The molecule has 5 aromatic rings. The molecule has 4 aromatic carbocycles. The minimum Gasteiger partial charge on any atom is -0.399 e. The van der Waals surface area contributed by atoms with Gasteiger partial charge in [-0.15, -0.1) is 0 Å². The Morgan fingerprint density at radius 2 is 1.23 bits per heavy atom. The van der Waals surface area contributed by atoms with Gasteiger partial charge >= 0.3 is 7.12 Å². The number of hydrogen-bond acceptors (Lipinski definition) is 2. The minimum absolute atomic E-state index is 0.142. The molecule has 1 saturated heterocycles. The normalized spacial score (nSPS) is 20.9. The van der Waals surface area contributed by atoms with Crippen molar-refractivity contribution in [3.05, 3.63) is 83.9 Å². The molecule has 0 atom stereocenters. The van der Waals surface area contributed by atoms with Gasteiger partial charge in [0.1, 0.15) is 0 Å². The first kappa shape index (κ1) is 25.9. The minimum atomic E-state index is -0.368. The van der Waals surface area contributed by atoms with Gasteiger partial charge in [-0.1, -0.05) is 76.2 Å². The first-order valence-electron chi connectivity index (χ1n) is 14.8. The molecule has 1 aliphatic heterocycles. The topological polar surface area (TPSA) is 23.4 Å². The molecule has 0 amide bonds. The van der Waals surface area contributed by atoms with Gasteiger partial charge in [-0.25, -0.2) is 0 Å². The average molecular weight is 530 g/mol. The lowest BCUT2D eigenvalue weighted by molar-refractivity contribution is 0.00578. The second kappa shape index (κ2) is 8.24. The zero-order chi connectivity index (χ0) is 28.2. The quantitative estimate of drug-likeness (QED) is 0.214. The average Bonchev–Trinajstić information content (AvgIpc) is 3.35. The van der Waals surface area contributed by atoms with Crippen molar-refractivity contribution in [2.45, 2.75) is 90.3 Å². The highest BCUT2D eigenvalue weighted by molar-refractivity contribution is 6.62. The Morgan fingerprint density at radius 1 is 0.625 bits per heavy atom. The fourth-order valence-electron chi connectivity index (χ4n) is 6.86. The number of rotatable bonds is 2. The van der Waals surface area contributed by atoms with Gasteiger partial charge in [0.05, 0.1) is 22.2 Å². The third-order valence-electron chi connectivity index (χ3n) is 10.3. The zero-order valence-corrected chi connectivity index (χ0v) is 25.2. The number of nitrogens with zero attached hydrogens (tertiary/aromatic N) is 1. The highest BCUT2D eigenvalue weighted by atomic mass is 16.7. The molecular weight excluding hydrogens is 489 g/mol. The molecule has 0 spiro atoms. The van der Waals surface area contributed by atoms with E-state index >= 15 is 0 Å². The van der Waals surface area contributed by atoms with Crippen LogP contribution in [0.25, 0.3) is 38.3 Å². The van der Waals surface area contributed by atoms with E-state index < -0.39 is 0 Å². The van der Waals surface area contributed by atoms with Crippen LogP contribution in [0.4, 0.5) is 0 Å². The Hall–Kier alpha value is -3.08. The molecule has 2 heterocycles. The molecule has 40 heavy (non-hydrogen) atoms. The summed E-state index contributed by atoms with van der Waals surface area (Å²) < 4.78 is 15.2. The highest BCUT2D eigenvalue weighted by Crippen LogP contribution is 2.49. The summed E-state index contributed by atoms with van der Waals surface area (Å²) in [6.45, 7) is 18.1. The Labute approximate surface area is 238 Å². The maximum absolute atomic E-state index is 6.35. The molecule has 1 aliphatic carbocycles. The Bertz CT molecular complexity index is 1790. The molecule has 3 nitrogen and oxygen atoms in total. The Balaban J connectivity index is 1.49. The second-order valence-corrected chi connectivity index (χ2v) is 14.4. The predicted molar refractivity (Wildman–Crippen MR) is 169 cm³/mol. The van der Waals surface area contributed by atoms with Gasteiger partial charge in [0, 0.05) is 21.8 Å². The summed E-state index contributed by atoms with van der Waals surface area (Å²) >= 11 is 0. The van der Waals surface area contributed by atoms with E-state index in [9.17, 15) is 0 Å². The highest BCUT2D eigenvalue weighted by Gasteiger charge is 2.51. The van der Waals surface area contributed by atoms with Crippen LogP contribution >= 0.6 is 0 Å². The lowest BCUT2D eigenvalue weighted by Gasteiger charge is -2.42. The summed E-state index contributed by atoms with van der Waals surface area (Å²) in [5.41, 5.74) is 7.32. The van der Waals surface area contributed by atoms with E-state index in [1.165, 1.54) is 56.5 Å². The van der Waals surface area contributed by atoms with E-state index in [0.717, 1.165) is 11.2 Å². The van der Waals surface area contributed by atoms with E-state index in [2.05, 4.69) is 133 Å². The summed E-state index contributed by atoms with van der Waals surface area (Å²) in [6, 6.07) is 27.2. The lowest BCUT2D eigenvalue weighted by Crippen LogP contribution is -2.41. The Kier molecular flexibility index (Phi) is 5.33. The summed E-state index contributed by atoms with van der Waals surface area (Å²) in [4.78, 5) is 0. The van der Waals surface area contributed by atoms with Crippen molar-refractivity contribution in [3.63, 3.8) is 0 Å². The molecule has 1 aromatic heterocycles. The van der Waals surface area contributed by atoms with Crippen molar-refractivity contribution in [1.82, 2.24) is 4.57 Å². The van der Waals surface area contributed by atoms with Crippen LogP contribution in [0.3, 0.4) is 0 Å². The smallest absolute Gasteiger partial charge is 0.399 e. The van der Waals surface area contributed by atoms with Gasteiger partial charge in [0.25, 0.3) is 0 Å². The molecule has 0 unspecified atom stereocenters. The second-order valence-electron chi connectivity index (χ2n) is 14.4. The van der Waals surface area contributed by atoms with Crippen LogP contribution in [0.1, 0.15) is 79.4 Å². The van der Waals surface area contributed by atoms with E-state index in [1.807, 2.05) is 0 Å². The third-order valence-corrected chi connectivity index (χ3v) is 10.3. The van der Waals surface area contributed by atoms with E-state index in [-0.39, 0.29) is 29.2 Å². The van der Waals surface area contributed by atoms with Gasteiger partial charge < -0.3 is 13.9 Å². The van der Waals surface area contributed by atoms with Crippen LogP contribution in [-0.4, -0.2) is 22.9 Å². The third kappa shape index (κ3) is 3.65. The Morgan fingerprint density at radius 3 is 1.88 bits per heavy atom.